The van der Waals surface area contributed by atoms with Gasteiger partial charge in [0.15, 0.2) is 0 Å². The molecule has 0 bridgehead atoms. The van der Waals surface area contributed by atoms with Crippen LogP contribution in [-0.2, 0) is 11.2 Å². The summed E-state index contributed by atoms with van der Waals surface area (Å²) in [6.45, 7) is 4.79. The maximum atomic E-state index is 13.7. The van der Waals surface area contributed by atoms with Crippen molar-refractivity contribution in [2.75, 3.05) is 43.1 Å². The molecule has 0 aliphatic carbocycles. The number of ether oxygens (including phenoxy) is 1. The molecule has 2 amide bonds. The summed E-state index contributed by atoms with van der Waals surface area (Å²) >= 11 is 0. The van der Waals surface area contributed by atoms with Gasteiger partial charge in [0.2, 0.25) is 0 Å². The minimum atomic E-state index is -0.341. The molecule has 1 aromatic heterocycles. The van der Waals surface area contributed by atoms with Crippen molar-refractivity contribution < 1.29 is 13.9 Å². The molecule has 1 saturated heterocycles. The van der Waals surface area contributed by atoms with Crippen LogP contribution in [0.4, 0.5) is 20.6 Å². The molecule has 2 heterocycles. The summed E-state index contributed by atoms with van der Waals surface area (Å²) in [5, 5.41) is 5.59. The van der Waals surface area contributed by atoms with Gasteiger partial charge in [-0.05, 0) is 25.1 Å². The van der Waals surface area contributed by atoms with Crippen LogP contribution in [0.25, 0.3) is 0 Å². The second-order valence-corrected chi connectivity index (χ2v) is 6.04. The van der Waals surface area contributed by atoms with Crippen molar-refractivity contribution in [3.8, 4) is 0 Å². The lowest BCUT2D eigenvalue weighted by molar-refractivity contribution is 0.122. The SMILES string of the molecule is Cc1cncc(CCNC(=O)Nc2ccc(F)cc2N2CCOCC2)n1. The van der Waals surface area contributed by atoms with E-state index in [4.69, 9.17) is 4.74 Å². The number of nitrogens with zero attached hydrogens (tertiary/aromatic N) is 3. The van der Waals surface area contributed by atoms with Crippen molar-refractivity contribution in [3.05, 3.63) is 47.8 Å². The van der Waals surface area contributed by atoms with Crippen LogP contribution < -0.4 is 15.5 Å². The minimum Gasteiger partial charge on any atom is -0.378 e. The predicted octanol–water partition coefficient (Wildman–Crippen LogP) is 2.12. The van der Waals surface area contributed by atoms with E-state index in [9.17, 15) is 9.18 Å². The summed E-state index contributed by atoms with van der Waals surface area (Å²) in [7, 11) is 0. The second kappa shape index (κ2) is 8.57. The molecule has 0 radical (unpaired) electrons. The standard InChI is InChI=1S/C18H22FN5O2/c1-13-11-20-12-15(22-13)4-5-21-18(25)23-16-3-2-14(19)10-17(16)24-6-8-26-9-7-24/h2-3,10-12H,4-9H2,1H3,(H2,21,23,25). The molecular weight excluding hydrogens is 337 g/mol. The molecule has 138 valence electrons. The van der Waals surface area contributed by atoms with E-state index in [1.165, 1.54) is 12.1 Å². The monoisotopic (exact) mass is 359 g/mol. The third-order valence-corrected chi connectivity index (χ3v) is 4.03. The first-order valence-electron chi connectivity index (χ1n) is 8.56. The van der Waals surface area contributed by atoms with Crippen LogP contribution in [-0.4, -0.2) is 48.8 Å². The lowest BCUT2D eigenvalue weighted by atomic mass is 10.2. The zero-order valence-electron chi connectivity index (χ0n) is 14.7. The number of carbonyl (C=O) groups excluding carboxylic acids is 1. The number of aryl methyl sites for hydroxylation is 1. The van der Waals surface area contributed by atoms with Gasteiger partial charge < -0.3 is 20.3 Å². The van der Waals surface area contributed by atoms with E-state index in [0.29, 0.717) is 50.6 Å². The van der Waals surface area contributed by atoms with Crippen LogP contribution in [0.2, 0.25) is 0 Å². The average Bonchev–Trinajstić information content (AvgIpc) is 2.64. The van der Waals surface area contributed by atoms with Crippen LogP contribution in [0.15, 0.2) is 30.6 Å². The highest BCUT2D eigenvalue weighted by atomic mass is 19.1. The number of anilines is 2. The zero-order chi connectivity index (χ0) is 18.4. The van der Waals surface area contributed by atoms with Crippen LogP contribution in [0, 0.1) is 12.7 Å². The Morgan fingerprint density at radius 2 is 2.12 bits per heavy atom. The van der Waals surface area contributed by atoms with E-state index in [-0.39, 0.29) is 11.8 Å². The fourth-order valence-corrected chi connectivity index (χ4v) is 2.78. The van der Waals surface area contributed by atoms with Crippen molar-refractivity contribution in [2.24, 2.45) is 0 Å². The number of amides is 2. The number of rotatable bonds is 5. The van der Waals surface area contributed by atoms with E-state index in [1.807, 2.05) is 11.8 Å². The van der Waals surface area contributed by atoms with Gasteiger partial charge in [-0.3, -0.25) is 9.97 Å². The average molecular weight is 359 g/mol. The number of halogens is 1. The predicted molar refractivity (Wildman–Crippen MR) is 96.9 cm³/mol. The van der Waals surface area contributed by atoms with Crippen LogP contribution in [0.5, 0.6) is 0 Å². The normalized spacial score (nSPS) is 14.2. The first-order valence-corrected chi connectivity index (χ1v) is 8.56. The summed E-state index contributed by atoms with van der Waals surface area (Å²) in [4.78, 5) is 22.6. The number of hydrogen-bond donors (Lipinski definition) is 2. The van der Waals surface area contributed by atoms with E-state index >= 15 is 0 Å². The smallest absolute Gasteiger partial charge is 0.319 e. The molecule has 1 aliphatic rings. The Kier molecular flexibility index (Phi) is 5.96. The fraction of sp³-hybridized carbons (Fsp3) is 0.389. The maximum Gasteiger partial charge on any atom is 0.319 e. The highest BCUT2D eigenvalue weighted by Crippen LogP contribution is 2.27. The Morgan fingerprint density at radius 3 is 2.88 bits per heavy atom. The summed E-state index contributed by atoms with van der Waals surface area (Å²) in [5.41, 5.74) is 2.89. The number of aromatic nitrogens is 2. The maximum absolute atomic E-state index is 13.7. The number of urea groups is 1. The molecule has 2 aromatic rings. The van der Waals surface area contributed by atoms with Crippen molar-refractivity contribution >= 4 is 17.4 Å². The second-order valence-electron chi connectivity index (χ2n) is 6.04. The summed E-state index contributed by atoms with van der Waals surface area (Å²) in [6, 6.07) is 4.00. The number of carbonyl (C=O) groups is 1. The van der Waals surface area contributed by atoms with Gasteiger partial charge in [-0.25, -0.2) is 9.18 Å². The molecule has 1 aliphatic heterocycles. The number of hydrogen-bond acceptors (Lipinski definition) is 5. The van der Waals surface area contributed by atoms with Crippen molar-refractivity contribution in [3.63, 3.8) is 0 Å². The number of morpholine rings is 1. The van der Waals surface area contributed by atoms with E-state index < -0.39 is 0 Å². The molecule has 3 rings (SSSR count). The summed E-state index contributed by atoms with van der Waals surface area (Å²) in [5.74, 6) is -0.338. The van der Waals surface area contributed by atoms with E-state index in [1.54, 1.807) is 18.5 Å². The van der Waals surface area contributed by atoms with Crippen molar-refractivity contribution in [1.29, 1.82) is 0 Å². The van der Waals surface area contributed by atoms with Gasteiger partial charge in [0.25, 0.3) is 0 Å². The fourth-order valence-electron chi connectivity index (χ4n) is 2.78. The van der Waals surface area contributed by atoms with Crippen molar-refractivity contribution in [1.82, 2.24) is 15.3 Å². The molecule has 0 saturated carbocycles. The quantitative estimate of drug-likeness (QED) is 0.855. The van der Waals surface area contributed by atoms with E-state index in [0.717, 1.165) is 11.4 Å². The number of nitrogens with one attached hydrogen (secondary N) is 2. The van der Waals surface area contributed by atoms with Gasteiger partial charge >= 0.3 is 6.03 Å². The third-order valence-electron chi connectivity index (χ3n) is 4.03. The van der Waals surface area contributed by atoms with Crippen molar-refractivity contribution in [2.45, 2.75) is 13.3 Å². The Morgan fingerprint density at radius 1 is 1.31 bits per heavy atom. The molecule has 26 heavy (non-hydrogen) atoms. The van der Waals surface area contributed by atoms with Gasteiger partial charge in [0.05, 0.1) is 36.0 Å². The molecule has 0 atom stereocenters. The third kappa shape index (κ3) is 4.89. The van der Waals surface area contributed by atoms with Gasteiger partial charge in [-0.15, -0.1) is 0 Å². The lowest BCUT2D eigenvalue weighted by Gasteiger charge is -2.30. The van der Waals surface area contributed by atoms with Gasteiger partial charge in [0.1, 0.15) is 5.82 Å². The van der Waals surface area contributed by atoms with Gasteiger partial charge in [0, 0.05) is 38.4 Å². The van der Waals surface area contributed by atoms with Crippen LogP contribution in [0.3, 0.4) is 0 Å². The molecule has 1 fully saturated rings. The highest BCUT2D eigenvalue weighted by Gasteiger charge is 2.17. The number of benzene rings is 1. The molecular formula is C18H22FN5O2. The Labute approximate surface area is 151 Å². The molecule has 1 aromatic carbocycles. The molecule has 0 spiro atoms. The topological polar surface area (TPSA) is 79.4 Å². The first-order chi connectivity index (χ1) is 12.6. The van der Waals surface area contributed by atoms with Crippen LogP contribution in [0.1, 0.15) is 11.4 Å². The van der Waals surface area contributed by atoms with Crippen LogP contribution >= 0.6 is 0 Å². The highest BCUT2D eigenvalue weighted by molar-refractivity contribution is 5.93. The Hall–Kier alpha value is -2.74. The Bertz CT molecular complexity index is 765. The summed E-state index contributed by atoms with van der Waals surface area (Å²) < 4.78 is 19.0. The van der Waals surface area contributed by atoms with Gasteiger partial charge in [-0.2, -0.15) is 0 Å². The van der Waals surface area contributed by atoms with Gasteiger partial charge in [-0.1, -0.05) is 0 Å². The Balaban J connectivity index is 1.58. The summed E-state index contributed by atoms with van der Waals surface area (Å²) in [6.07, 6.45) is 3.95. The zero-order valence-corrected chi connectivity index (χ0v) is 14.7. The first kappa shape index (κ1) is 18.1. The largest absolute Gasteiger partial charge is 0.378 e. The molecule has 7 nitrogen and oxygen atoms in total. The van der Waals surface area contributed by atoms with E-state index in [2.05, 4.69) is 20.6 Å². The lowest BCUT2D eigenvalue weighted by Crippen LogP contribution is -2.37. The minimum absolute atomic E-state index is 0.338. The molecule has 8 heteroatoms. The molecule has 0 unspecified atom stereocenters. The molecule has 2 N–H and O–H groups in total.